The van der Waals surface area contributed by atoms with Gasteiger partial charge in [-0.25, -0.2) is 23.1 Å². The van der Waals surface area contributed by atoms with Crippen molar-refractivity contribution in [3.63, 3.8) is 0 Å². The Bertz CT molecular complexity index is 2300. The molecule has 2 aromatic heterocycles. The van der Waals surface area contributed by atoms with Crippen LogP contribution in [0.5, 0.6) is 11.8 Å². The molecule has 5 aromatic rings. The van der Waals surface area contributed by atoms with Crippen LogP contribution in [0, 0.1) is 19.3 Å². The van der Waals surface area contributed by atoms with Crippen molar-refractivity contribution in [3.05, 3.63) is 100 Å². The molecule has 0 aliphatic carbocycles. The van der Waals surface area contributed by atoms with E-state index in [0.29, 0.717) is 37.5 Å². The lowest BCUT2D eigenvalue weighted by molar-refractivity contribution is -0.127. The molecule has 0 spiro atoms. The van der Waals surface area contributed by atoms with E-state index in [0.717, 1.165) is 38.9 Å². The number of benzene rings is 3. The molecule has 0 unspecified atom stereocenters. The quantitative estimate of drug-likeness (QED) is 0.105. The van der Waals surface area contributed by atoms with Crippen LogP contribution in [0.1, 0.15) is 94.2 Å². The summed E-state index contributed by atoms with van der Waals surface area (Å²) in [7, 11) is -3.88. The zero-order valence-corrected chi connectivity index (χ0v) is 34.8. The van der Waals surface area contributed by atoms with Crippen LogP contribution in [-0.4, -0.2) is 74.9 Å². The summed E-state index contributed by atoms with van der Waals surface area (Å²) in [5.74, 6) is -0.0614. The smallest absolute Gasteiger partial charge is 0.316 e. The second-order valence-corrected chi connectivity index (χ2v) is 18.0. The molecule has 1 aliphatic rings. The molecular weight excluding hydrogens is 729 g/mol. The van der Waals surface area contributed by atoms with Crippen molar-refractivity contribution in [2.75, 3.05) is 19.8 Å². The van der Waals surface area contributed by atoms with Gasteiger partial charge in [-0.05, 0) is 99.5 Å². The van der Waals surface area contributed by atoms with Crippen LogP contribution in [0.2, 0.25) is 0 Å². The van der Waals surface area contributed by atoms with Gasteiger partial charge in [-0.1, -0.05) is 62.4 Å². The van der Waals surface area contributed by atoms with Gasteiger partial charge in [0.15, 0.2) is 0 Å². The van der Waals surface area contributed by atoms with Crippen molar-refractivity contribution in [2.45, 2.75) is 111 Å². The predicted molar refractivity (Wildman–Crippen MR) is 215 cm³/mol. The third-order valence-electron chi connectivity index (χ3n) is 10.6. The van der Waals surface area contributed by atoms with Crippen molar-refractivity contribution >= 4 is 26.8 Å². The van der Waals surface area contributed by atoms with Gasteiger partial charge >= 0.3 is 6.01 Å². The van der Waals surface area contributed by atoms with E-state index in [1.165, 1.54) is 4.31 Å². The Kier molecular flexibility index (Phi) is 12.0. The van der Waals surface area contributed by atoms with Crippen molar-refractivity contribution < 1.29 is 27.4 Å². The van der Waals surface area contributed by atoms with Gasteiger partial charge in [0.05, 0.1) is 24.3 Å². The Labute approximate surface area is 330 Å². The van der Waals surface area contributed by atoms with Gasteiger partial charge in [0.25, 0.3) is 0 Å². The maximum Gasteiger partial charge on any atom is 0.316 e. The lowest BCUT2D eigenvalue weighted by atomic mass is 9.66. The number of fused-ring (bicyclic) bond motifs is 2. The molecule has 0 amide bonds. The lowest BCUT2D eigenvalue weighted by Crippen LogP contribution is -2.37. The molecule has 13 heteroatoms. The summed E-state index contributed by atoms with van der Waals surface area (Å²) in [5, 5.41) is 8.92. The first-order chi connectivity index (χ1) is 26.5. The second kappa shape index (κ2) is 16.4. The Morgan fingerprint density at radius 1 is 0.982 bits per heavy atom. The topological polar surface area (TPSA) is 139 Å². The van der Waals surface area contributed by atoms with Crippen LogP contribution in [0.15, 0.2) is 71.9 Å². The number of Topliss-reactive ketones (excluding diaryl/α,β-unsaturated/α-hetero) is 1. The van der Waals surface area contributed by atoms with E-state index >= 15 is 0 Å². The first-order valence-corrected chi connectivity index (χ1v) is 20.8. The Balaban J connectivity index is 1.35. The summed E-state index contributed by atoms with van der Waals surface area (Å²) in [6.45, 7) is 19.7. The minimum absolute atomic E-state index is 0.00757. The van der Waals surface area contributed by atoms with Crippen molar-refractivity contribution in [1.29, 1.82) is 0 Å². The van der Waals surface area contributed by atoms with Gasteiger partial charge in [-0.15, -0.1) is 5.10 Å². The number of hydrogen-bond acceptors (Lipinski definition) is 10. The molecule has 56 heavy (non-hydrogen) atoms. The monoisotopic (exact) mass is 782 g/mol. The number of carbonyl (C=O) groups is 1. The number of nitrogens with zero attached hydrogens (tertiary/aromatic N) is 6. The fraction of sp³-hybridized carbons (Fsp3) is 0.465. The molecule has 0 N–H and O–H groups in total. The van der Waals surface area contributed by atoms with Crippen molar-refractivity contribution in [3.8, 4) is 11.8 Å². The van der Waals surface area contributed by atoms with Gasteiger partial charge < -0.3 is 14.2 Å². The van der Waals surface area contributed by atoms with Gasteiger partial charge in [0.1, 0.15) is 34.7 Å². The number of carbonyl (C=O) groups excluding carboxylic acids is 1. The summed E-state index contributed by atoms with van der Waals surface area (Å²) in [6, 6.07) is 17.3. The number of sulfonamides is 1. The minimum Gasteiger partial charge on any atom is -0.488 e. The van der Waals surface area contributed by atoms with E-state index in [1.807, 2.05) is 85.2 Å². The molecule has 0 radical (unpaired) electrons. The van der Waals surface area contributed by atoms with Gasteiger partial charge in [0.2, 0.25) is 10.0 Å². The van der Waals surface area contributed by atoms with E-state index in [-0.39, 0.29) is 47.9 Å². The molecule has 3 heterocycles. The van der Waals surface area contributed by atoms with Gasteiger partial charge in [0, 0.05) is 43.2 Å². The van der Waals surface area contributed by atoms with E-state index in [4.69, 9.17) is 14.2 Å². The molecule has 0 saturated carbocycles. The standard InChI is InChI=1S/C43H54N6O6S/c1-10-33-27-48(56(51,52)37-15-13-12-14-36(37)55-33)26-32-23-31(17-16-28(32)3)39(34-18-19-35-40(29(34)4)46-47-49(35)11-2)43(8,9)38(50)22-30-24-44-41(45-25-30)53-20-21-54-42(5,6)7/h12-19,23-25,33,39H,10-11,20-22,26-27H2,1-9H3/t33-,39+/m1/s1. The number of ketones is 1. The third-order valence-corrected chi connectivity index (χ3v) is 12.5. The molecule has 12 nitrogen and oxygen atoms in total. The lowest BCUT2D eigenvalue weighted by Gasteiger charge is -2.35. The predicted octanol–water partition coefficient (Wildman–Crippen LogP) is 7.38. The number of ether oxygens (including phenoxy) is 3. The molecular formula is C43H54N6O6S. The minimum atomic E-state index is -3.88. The van der Waals surface area contributed by atoms with Crippen LogP contribution < -0.4 is 9.47 Å². The highest BCUT2D eigenvalue weighted by Crippen LogP contribution is 2.45. The number of aromatic nitrogens is 5. The highest BCUT2D eigenvalue weighted by molar-refractivity contribution is 7.89. The molecule has 0 saturated heterocycles. The Hall–Kier alpha value is -4.72. The normalized spacial score (nSPS) is 16.6. The number of aryl methyl sites for hydroxylation is 3. The SMILES string of the molecule is CC[C@@H]1CN(Cc2cc([C@@H](c3ccc4c(nnn4CC)c3C)C(C)(C)C(=O)Cc3cnc(OCCOC(C)(C)C)nc3)ccc2C)S(=O)(=O)c2ccccc2O1. The van der Waals surface area contributed by atoms with Crippen LogP contribution in [-0.2, 0) is 39.1 Å². The largest absolute Gasteiger partial charge is 0.488 e. The van der Waals surface area contributed by atoms with Crippen molar-refractivity contribution in [1.82, 2.24) is 29.3 Å². The first kappa shape index (κ1) is 40.9. The molecule has 0 fully saturated rings. The average molecular weight is 783 g/mol. The summed E-state index contributed by atoms with van der Waals surface area (Å²) in [6.07, 6.45) is 3.71. The molecule has 298 valence electrons. The molecule has 1 aliphatic heterocycles. The fourth-order valence-corrected chi connectivity index (χ4v) is 8.88. The highest BCUT2D eigenvalue weighted by Gasteiger charge is 2.40. The molecule has 0 bridgehead atoms. The number of rotatable bonds is 14. The third kappa shape index (κ3) is 8.64. The van der Waals surface area contributed by atoms with Crippen molar-refractivity contribution in [2.24, 2.45) is 5.41 Å². The summed E-state index contributed by atoms with van der Waals surface area (Å²) in [5.41, 5.74) is 5.72. The number of hydrogen-bond donors (Lipinski definition) is 0. The summed E-state index contributed by atoms with van der Waals surface area (Å²) >= 11 is 0. The fourth-order valence-electron chi connectivity index (χ4n) is 7.31. The maximum absolute atomic E-state index is 14.6. The number of para-hydroxylation sites is 1. The van der Waals surface area contributed by atoms with E-state index < -0.39 is 21.4 Å². The van der Waals surface area contributed by atoms with Gasteiger partial charge in [-0.2, -0.15) is 4.31 Å². The van der Waals surface area contributed by atoms with E-state index in [1.54, 1.807) is 36.7 Å². The van der Waals surface area contributed by atoms with Crippen LogP contribution in [0.3, 0.4) is 0 Å². The average Bonchev–Trinajstić information content (AvgIpc) is 3.55. The second-order valence-electron chi connectivity index (χ2n) is 16.1. The molecule has 3 aromatic carbocycles. The van der Waals surface area contributed by atoms with E-state index in [2.05, 4.69) is 32.4 Å². The Morgan fingerprint density at radius 3 is 2.41 bits per heavy atom. The van der Waals surface area contributed by atoms with Crippen LogP contribution >= 0.6 is 0 Å². The zero-order valence-electron chi connectivity index (χ0n) is 34.0. The first-order valence-electron chi connectivity index (χ1n) is 19.3. The Morgan fingerprint density at radius 2 is 1.71 bits per heavy atom. The van der Waals surface area contributed by atoms with Crippen LogP contribution in [0.4, 0.5) is 0 Å². The highest BCUT2D eigenvalue weighted by atomic mass is 32.2. The molecule has 2 atom stereocenters. The zero-order chi connectivity index (χ0) is 40.4. The van der Waals surface area contributed by atoms with E-state index in [9.17, 15) is 13.2 Å². The summed E-state index contributed by atoms with van der Waals surface area (Å²) < 4.78 is 49.3. The van der Waals surface area contributed by atoms with Crippen LogP contribution in [0.25, 0.3) is 11.0 Å². The summed E-state index contributed by atoms with van der Waals surface area (Å²) in [4.78, 5) is 23.5. The van der Waals surface area contributed by atoms with Gasteiger partial charge in [-0.3, -0.25) is 4.79 Å². The molecule has 6 rings (SSSR count). The maximum atomic E-state index is 14.6.